The Morgan fingerprint density at radius 1 is 0.778 bits per heavy atom. The van der Waals surface area contributed by atoms with Crippen molar-refractivity contribution in [3.63, 3.8) is 0 Å². The highest BCUT2D eigenvalue weighted by molar-refractivity contribution is 5.72. The van der Waals surface area contributed by atoms with Crippen LogP contribution in [0.3, 0.4) is 0 Å². The molecule has 2 rings (SSSR count). The molecule has 0 saturated carbocycles. The van der Waals surface area contributed by atoms with Crippen LogP contribution in [0, 0.1) is 27.7 Å². The Bertz CT molecular complexity index is 590. The van der Waals surface area contributed by atoms with Crippen molar-refractivity contribution < 1.29 is 10.2 Å². The quantitative estimate of drug-likeness (QED) is 0.793. The van der Waals surface area contributed by atoms with E-state index in [-0.39, 0.29) is 0 Å². The molecular weight excluding hydrogens is 224 g/mol. The molecule has 0 aliphatic heterocycles. The average Bonchev–Trinajstić information content (AvgIpc) is 2.33. The van der Waals surface area contributed by atoms with E-state index in [0.717, 1.165) is 33.4 Å². The van der Waals surface area contributed by atoms with Crippen molar-refractivity contribution >= 4 is 0 Å². The minimum Gasteiger partial charge on any atom is -0.508 e. The molecule has 0 bridgehead atoms. The molecule has 2 aromatic carbocycles. The van der Waals surface area contributed by atoms with Crippen molar-refractivity contribution in [2.24, 2.45) is 0 Å². The standard InChI is InChI=1S/C16H18O2/c1-9-7-13(8-10(2)16(9)18)14-5-6-15(17)12(4)11(14)3/h5-8,17-18H,1-4H3. The minimum atomic E-state index is 0.323. The van der Waals surface area contributed by atoms with Gasteiger partial charge in [-0.15, -0.1) is 0 Å². The van der Waals surface area contributed by atoms with Crippen LogP contribution in [0.5, 0.6) is 11.5 Å². The van der Waals surface area contributed by atoms with Gasteiger partial charge in [0.1, 0.15) is 11.5 Å². The topological polar surface area (TPSA) is 40.5 Å². The molecule has 18 heavy (non-hydrogen) atoms. The van der Waals surface area contributed by atoms with Gasteiger partial charge in [-0.05, 0) is 79.3 Å². The van der Waals surface area contributed by atoms with Crippen LogP contribution in [-0.2, 0) is 0 Å². The molecule has 2 aromatic rings. The van der Waals surface area contributed by atoms with Gasteiger partial charge in [0.05, 0.1) is 0 Å². The molecule has 0 aliphatic rings. The van der Waals surface area contributed by atoms with Gasteiger partial charge in [-0.25, -0.2) is 0 Å². The lowest BCUT2D eigenvalue weighted by atomic mass is 9.94. The third-order valence-electron chi connectivity index (χ3n) is 3.56. The highest BCUT2D eigenvalue weighted by Gasteiger charge is 2.10. The smallest absolute Gasteiger partial charge is 0.121 e. The molecule has 0 spiro atoms. The van der Waals surface area contributed by atoms with Gasteiger partial charge in [0.15, 0.2) is 0 Å². The van der Waals surface area contributed by atoms with Crippen LogP contribution in [0.2, 0.25) is 0 Å². The summed E-state index contributed by atoms with van der Waals surface area (Å²) in [6.07, 6.45) is 0. The highest BCUT2D eigenvalue weighted by Crippen LogP contribution is 2.34. The molecule has 0 aromatic heterocycles. The lowest BCUT2D eigenvalue weighted by molar-refractivity contribution is 0.467. The maximum Gasteiger partial charge on any atom is 0.121 e. The Morgan fingerprint density at radius 3 is 1.89 bits per heavy atom. The predicted octanol–water partition coefficient (Wildman–Crippen LogP) is 4.00. The van der Waals surface area contributed by atoms with E-state index in [1.54, 1.807) is 6.07 Å². The zero-order valence-electron chi connectivity index (χ0n) is 11.2. The number of hydrogen-bond donors (Lipinski definition) is 2. The van der Waals surface area contributed by atoms with Gasteiger partial charge in [0.25, 0.3) is 0 Å². The van der Waals surface area contributed by atoms with Crippen LogP contribution in [-0.4, -0.2) is 10.2 Å². The fraction of sp³-hybridized carbons (Fsp3) is 0.250. The third-order valence-corrected chi connectivity index (χ3v) is 3.56. The van der Waals surface area contributed by atoms with Crippen LogP contribution in [0.15, 0.2) is 24.3 Å². The van der Waals surface area contributed by atoms with Gasteiger partial charge in [-0.2, -0.15) is 0 Å². The Kier molecular flexibility index (Phi) is 3.04. The van der Waals surface area contributed by atoms with Crippen molar-refractivity contribution in [2.45, 2.75) is 27.7 Å². The minimum absolute atomic E-state index is 0.323. The first-order valence-corrected chi connectivity index (χ1v) is 6.01. The number of benzene rings is 2. The second-order valence-electron chi connectivity index (χ2n) is 4.84. The summed E-state index contributed by atoms with van der Waals surface area (Å²) < 4.78 is 0. The van der Waals surface area contributed by atoms with Crippen molar-refractivity contribution in [1.29, 1.82) is 0 Å². The summed E-state index contributed by atoms with van der Waals surface area (Å²) in [6, 6.07) is 7.58. The zero-order chi connectivity index (χ0) is 13.4. The molecule has 0 aliphatic carbocycles. The maximum absolute atomic E-state index is 9.81. The number of phenols is 2. The van der Waals surface area contributed by atoms with E-state index < -0.39 is 0 Å². The van der Waals surface area contributed by atoms with Crippen LogP contribution in [0.4, 0.5) is 0 Å². The van der Waals surface area contributed by atoms with E-state index in [0.29, 0.717) is 11.5 Å². The summed E-state index contributed by atoms with van der Waals surface area (Å²) in [5.74, 6) is 0.676. The fourth-order valence-corrected chi connectivity index (χ4v) is 2.23. The van der Waals surface area contributed by atoms with Gasteiger partial charge < -0.3 is 10.2 Å². The van der Waals surface area contributed by atoms with Gasteiger partial charge in [-0.1, -0.05) is 6.07 Å². The number of phenolic OH excluding ortho intramolecular Hbond substituents is 2. The van der Waals surface area contributed by atoms with E-state index in [9.17, 15) is 10.2 Å². The highest BCUT2D eigenvalue weighted by atomic mass is 16.3. The average molecular weight is 242 g/mol. The summed E-state index contributed by atoms with van der Waals surface area (Å²) >= 11 is 0. The molecule has 0 unspecified atom stereocenters. The molecule has 0 atom stereocenters. The summed E-state index contributed by atoms with van der Waals surface area (Å²) in [4.78, 5) is 0. The summed E-state index contributed by atoms with van der Waals surface area (Å²) in [5, 5.41) is 19.5. The first kappa shape index (κ1) is 12.5. The second kappa shape index (κ2) is 4.37. The zero-order valence-corrected chi connectivity index (χ0v) is 11.2. The van der Waals surface area contributed by atoms with Crippen LogP contribution >= 0.6 is 0 Å². The molecule has 2 N–H and O–H groups in total. The lowest BCUT2D eigenvalue weighted by Crippen LogP contribution is -1.90. The van der Waals surface area contributed by atoms with E-state index in [1.165, 1.54) is 0 Å². The largest absolute Gasteiger partial charge is 0.508 e. The van der Waals surface area contributed by atoms with E-state index >= 15 is 0 Å². The van der Waals surface area contributed by atoms with Gasteiger partial charge in [0.2, 0.25) is 0 Å². The number of aryl methyl sites for hydroxylation is 2. The Morgan fingerprint density at radius 2 is 1.33 bits per heavy atom. The third kappa shape index (κ3) is 1.94. The van der Waals surface area contributed by atoms with Crippen molar-refractivity contribution in [3.05, 3.63) is 46.5 Å². The number of aromatic hydroxyl groups is 2. The molecule has 0 saturated heterocycles. The van der Waals surface area contributed by atoms with Crippen LogP contribution in [0.1, 0.15) is 22.3 Å². The van der Waals surface area contributed by atoms with Crippen molar-refractivity contribution in [1.82, 2.24) is 0 Å². The lowest BCUT2D eigenvalue weighted by Gasteiger charge is -2.13. The Labute approximate surface area is 108 Å². The normalized spacial score (nSPS) is 10.7. The molecule has 94 valence electrons. The fourth-order valence-electron chi connectivity index (χ4n) is 2.23. The molecule has 0 amide bonds. The second-order valence-corrected chi connectivity index (χ2v) is 4.84. The van der Waals surface area contributed by atoms with E-state index in [4.69, 9.17) is 0 Å². The maximum atomic E-state index is 9.81. The first-order valence-electron chi connectivity index (χ1n) is 6.01. The summed E-state index contributed by atoms with van der Waals surface area (Å²) in [5.41, 5.74) is 5.88. The molecule has 0 heterocycles. The monoisotopic (exact) mass is 242 g/mol. The number of hydrogen-bond acceptors (Lipinski definition) is 2. The van der Waals surface area contributed by atoms with Crippen LogP contribution < -0.4 is 0 Å². The van der Waals surface area contributed by atoms with Crippen molar-refractivity contribution in [3.8, 4) is 22.6 Å². The Hall–Kier alpha value is -1.96. The molecule has 0 radical (unpaired) electrons. The first-order chi connectivity index (χ1) is 8.41. The SMILES string of the molecule is Cc1cc(-c2ccc(O)c(C)c2C)cc(C)c1O. The van der Waals surface area contributed by atoms with Gasteiger partial charge in [0, 0.05) is 0 Å². The predicted molar refractivity (Wildman–Crippen MR) is 74.2 cm³/mol. The van der Waals surface area contributed by atoms with Crippen LogP contribution in [0.25, 0.3) is 11.1 Å². The van der Waals surface area contributed by atoms with Gasteiger partial charge in [-0.3, -0.25) is 0 Å². The summed E-state index contributed by atoms with van der Waals surface area (Å²) in [6.45, 7) is 7.71. The van der Waals surface area contributed by atoms with Gasteiger partial charge >= 0.3 is 0 Å². The number of rotatable bonds is 1. The van der Waals surface area contributed by atoms with Crippen molar-refractivity contribution in [2.75, 3.05) is 0 Å². The Balaban J connectivity index is 2.67. The molecular formula is C16H18O2. The molecule has 2 nitrogen and oxygen atoms in total. The van der Waals surface area contributed by atoms with E-state index in [2.05, 4.69) is 0 Å². The molecule has 2 heteroatoms. The van der Waals surface area contributed by atoms with E-state index in [1.807, 2.05) is 45.9 Å². The summed E-state index contributed by atoms with van der Waals surface area (Å²) in [7, 11) is 0. The molecule has 0 fully saturated rings.